The fourth-order valence-corrected chi connectivity index (χ4v) is 2.40. The van der Waals surface area contributed by atoms with E-state index in [9.17, 15) is 14.4 Å². The first kappa shape index (κ1) is 19.6. The Morgan fingerprint density at radius 2 is 1.67 bits per heavy atom. The molecule has 0 spiro atoms. The van der Waals surface area contributed by atoms with E-state index in [-0.39, 0.29) is 12.5 Å². The number of nitrogens with zero attached hydrogens (tertiary/aromatic N) is 1. The lowest BCUT2D eigenvalue weighted by molar-refractivity contribution is -0.125. The van der Waals surface area contributed by atoms with Crippen molar-refractivity contribution in [2.75, 3.05) is 26.0 Å². The van der Waals surface area contributed by atoms with E-state index in [1.807, 2.05) is 32.9 Å². The minimum absolute atomic E-state index is 0.0368. The van der Waals surface area contributed by atoms with Crippen molar-refractivity contribution < 1.29 is 14.4 Å². The van der Waals surface area contributed by atoms with E-state index in [0.29, 0.717) is 0 Å². The molecular formula is C17H26N4O3. The molecule has 1 rings (SSSR count). The summed E-state index contributed by atoms with van der Waals surface area (Å²) in [5.74, 6) is -0.681. The van der Waals surface area contributed by atoms with Crippen LogP contribution in [-0.2, 0) is 9.59 Å². The highest BCUT2D eigenvalue weighted by Crippen LogP contribution is 2.21. The number of rotatable bonds is 5. The maximum atomic E-state index is 12.3. The van der Waals surface area contributed by atoms with Crippen LogP contribution in [0.5, 0.6) is 0 Å². The minimum Gasteiger partial charge on any atom is -0.341 e. The maximum Gasteiger partial charge on any atom is 0.321 e. The summed E-state index contributed by atoms with van der Waals surface area (Å²) in [6.07, 6.45) is 0. The average molecular weight is 334 g/mol. The standard InChI is InChI=1S/C17H26N4O3/c1-10-7-11(2)15(12(3)8-10)19-14(22)9-21(6)13(4)16(23)20-17(24)18-5/h7-8,13H,9H2,1-6H3,(H,19,22)(H2,18,20,23,24)/t13-/m1/s1. The smallest absolute Gasteiger partial charge is 0.321 e. The minimum atomic E-state index is -0.617. The van der Waals surface area contributed by atoms with Gasteiger partial charge in [-0.1, -0.05) is 17.7 Å². The van der Waals surface area contributed by atoms with Gasteiger partial charge in [-0.05, 0) is 45.9 Å². The molecule has 7 nitrogen and oxygen atoms in total. The lowest BCUT2D eigenvalue weighted by Gasteiger charge is -2.23. The molecule has 0 saturated carbocycles. The molecule has 0 radical (unpaired) electrons. The third kappa shape index (κ3) is 5.34. The van der Waals surface area contributed by atoms with Gasteiger partial charge in [0, 0.05) is 12.7 Å². The Bertz CT molecular complexity index is 620. The summed E-state index contributed by atoms with van der Waals surface area (Å²) in [5.41, 5.74) is 3.92. The first-order valence-electron chi connectivity index (χ1n) is 7.76. The molecule has 1 aromatic carbocycles. The summed E-state index contributed by atoms with van der Waals surface area (Å²) in [7, 11) is 3.08. The number of imide groups is 1. The molecule has 132 valence electrons. The van der Waals surface area contributed by atoms with Crippen molar-refractivity contribution in [1.29, 1.82) is 0 Å². The van der Waals surface area contributed by atoms with Crippen LogP contribution in [0, 0.1) is 20.8 Å². The SMILES string of the molecule is CNC(=O)NC(=O)[C@@H](C)N(C)CC(=O)Nc1c(C)cc(C)cc1C. The number of hydrogen-bond donors (Lipinski definition) is 3. The predicted molar refractivity (Wildman–Crippen MR) is 94.0 cm³/mol. The van der Waals surface area contributed by atoms with E-state index >= 15 is 0 Å². The normalized spacial score (nSPS) is 11.8. The molecule has 7 heteroatoms. The van der Waals surface area contributed by atoms with Crippen LogP contribution in [0.4, 0.5) is 10.5 Å². The average Bonchev–Trinajstić information content (AvgIpc) is 2.49. The van der Waals surface area contributed by atoms with Gasteiger partial charge in [-0.15, -0.1) is 0 Å². The Labute approximate surface area is 142 Å². The number of benzene rings is 1. The second kappa shape index (κ2) is 8.44. The molecular weight excluding hydrogens is 308 g/mol. The summed E-state index contributed by atoms with van der Waals surface area (Å²) in [6.45, 7) is 7.56. The monoisotopic (exact) mass is 334 g/mol. The quantitative estimate of drug-likeness (QED) is 0.757. The number of carbonyl (C=O) groups excluding carboxylic acids is 3. The van der Waals surface area contributed by atoms with Gasteiger partial charge in [0.1, 0.15) is 0 Å². The summed E-state index contributed by atoms with van der Waals surface area (Å²) >= 11 is 0. The Hall–Kier alpha value is -2.41. The van der Waals surface area contributed by atoms with Crippen LogP contribution in [-0.4, -0.2) is 49.4 Å². The number of carbonyl (C=O) groups is 3. The first-order valence-corrected chi connectivity index (χ1v) is 7.76. The van der Waals surface area contributed by atoms with Gasteiger partial charge < -0.3 is 10.6 Å². The number of anilines is 1. The zero-order valence-corrected chi connectivity index (χ0v) is 15.1. The summed E-state index contributed by atoms with van der Waals surface area (Å²) in [5, 5.41) is 7.40. The molecule has 0 aliphatic heterocycles. The first-order chi connectivity index (χ1) is 11.1. The van der Waals surface area contributed by atoms with Crippen molar-refractivity contribution in [2.24, 2.45) is 0 Å². The van der Waals surface area contributed by atoms with Crippen molar-refractivity contribution in [1.82, 2.24) is 15.5 Å². The largest absolute Gasteiger partial charge is 0.341 e. The highest BCUT2D eigenvalue weighted by Gasteiger charge is 2.21. The number of nitrogens with one attached hydrogen (secondary N) is 3. The van der Waals surface area contributed by atoms with Gasteiger partial charge in [0.25, 0.3) is 0 Å². The fourth-order valence-electron chi connectivity index (χ4n) is 2.40. The Kier molecular flexibility index (Phi) is 6.91. The molecule has 3 N–H and O–H groups in total. The van der Waals surface area contributed by atoms with E-state index in [4.69, 9.17) is 0 Å². The van der Waals surface area contributed by atoms with Crippen LogP contribution in [0.25, 0.3) is 0 Å². The zero-order valence-electron chi connectivity index (χ0n) is 15.1. The van der Waals surface area contributed by atoms with Gasteiger partial charge >= 0.3 is 6.03 Å². The highest BCUT2D eigenvalue weighted by atomic mass is 16.2. The third-order valence-electron chi connectivity index (χ3n) is 3.84. The van der Waals surface area contributed by atoms with Crippen molar-refractivity contribution >= 4 is 23.5 Å². The van der Waals surface area contributed by atoms with Crippen molar-refractivity contribution in [3.8, 4) is 0 Å². The molecule has 0 saturated heterocycles. The molecule has 0 aromatic heterocycles. The van der Waals surface area contributed by atoms with E-state index in [0.717, 1.165) is 22.4 Å². The summed E-state index contributed by atoms with van der Waals surface area (Å²) in [4.78, 5) is 36.9. The van der Waals surface area contributed by atoms with Gasteiger partial charge in [-0.2, -0.15) is 0 Å². The molecule has 4 amide bonds. The van der Waals surface area contributed by atoms with Gasteiger partial charge in [0.2, 0.25) is 11.8 Å². The lowest BCUT2D eigenvalue weighted by atomic mass is 10.1. The molecule has 0 aliphatic carbocycles. The van der Waals surface area contributed by atoms with Gasteiger partial charge in [0.15, 0.2) is 0 Å². The van der Waals surface area contributed by atoms with Crippen LogP contribution in [0.3, 0.4) is 0 Å². The maximum absolute atomic E-state index is 12.3. The number of hydrogen-bond acceptors (Lipinski definition) is 4. The summed E-state index contributed by atoms with van der Waals surface area (Å²) < 4.78 is 0. The topological polar surface area (TPSA) is 90.5 Å². The molecule has 24 heavy (non-hydrogen) atoms. The molecule has 0 unspecified atom stereocenters. The number of urea groups is 1. The molecule has 0 heterocycles. The van der Waals surface area contributed by atoms with Crippen molar-refractivity contribution in [2.45, 2.75) is 33.7 Å². The number of aryl methyl sites for hydroxylation is 3. The Morgan fingerprint density at radius 1 is 1.12 bits per heavy atom. The molecule has 1 atom stereocenters. The van der Waals surface area contributed by atoms with Crippen molar-refractivity contribution in [3.05, 3.63) is 28.8 Å². The van der Waals surface area contributed by atoms with Crippen LogP contribution in [0.1, 0.15) is 23.6 Å². The van der Waals surface area contributed by atoms with E-state index < -0.39 is 18.0 Å². The second-order valence-electron chi connectivity index (χ2n) is 5.98. The van der Waals surface area contributed by atoms with Gasteiger partial charge in [-0.3, -0.25) is 19.8 Å². The Balaban J connectivity index is 2.68. The van der Waals surface area contributed by atoms with Crippen LogP contribution >= 0.6 is 0 Å². The number of amides is 4. The van der Waals surface area contributed by atoms with Crippen molar-refractivity contribution in [3.63, 3.8) is 0 Å². The fraction of sp³-hybridized carbons (Fsp3) is 0.471. The molecule has 0 aliphatic rings. The highest BCUT2D eigenvalue weighted by molar-refractivity contribution is 5.97. The molecule has 0 fully saturated rings. The number of likely N-dealkylation sites (N-methyl/N-ethyl adjacent to an activating group) is 1. The van der Waals surface area contributed by atoms with Crippen LogP contribution in [0.2, 0.25) is 0 Å². The summed E-state index contributed by atoms with van der Waals surface area (Å²) in [6, 6.07) is 2.82. The van der Waals surface area contributed by atoms with Crippen LogP contribution in [0.15, 0.2) is 12.1 Å². The molecule has 0 bridgehead atoms. The van der Waals surface area contributed by atoms with Gasteiger partial charge in [-0.25, -0.2) is 4.79 Å². The zero-order chi connectivity index (χ0) is 18.4. The Morgan fingerprint density at radius 3 is 2.17 bits per heavy atom. The third-order valence-corrected chi connectivity index (χ3v) is 3.84. The van der Waals surface area contributed by atoms with Crippen LogP contribution < -0.4 is 16.0 Å². The van der Waals surface area contributed by atoms with Gasteiger partial charge in [0.05, 0.1) is 12.6 Å². The second-order valence-corrected chi connectivity index (χ2v) is 5.98. The van der Waals surface area contributed by atoms with E-state index in [2.05, 4.69) is 16.0 Å². The predicted octanol–water partition coefficient (Wildman–Crippen LogP) is 1.33. The van der Waals surface area contributed by atoms with E-state index in [1.54, 1.807) is 18.9 Å². The van der Waals surface area contributed by atoms with E-state index in [1.165, 1.54) is 7.05 Å². The lowest BCUT2D eigenvalue weighted by Crippen LogP contribution is -2.49. The molecule has 1 aromatic rings.